The lowest BCUT2D eigenvalue weighted by atomic mass is 9.72. The summed E-state index contributed by atoms with van der Waals surface area (Å²) in [6, 6.07) is 0. The molecule has 2 heteroatoms. The van der Waals surface area contributed by atoms with Gasteiger partial charge >= 0.3 is 0 Å². The third-order valence-electron chi connectivity index (χ3n) is 3.25. The van der Waals surface area contributed by atoms with Crippen LogP contribution in [0.3, 0.4) is 0 Å². The zero-order chi connectivity index (χ0) is 11.2. The van der Waals surface area contributed by atoms with Crippen LogP contribution in [-0.4, -0.2) is 6.21 Å². The fourth-order valence-electron chi connectivity index (χ4n) is 1.59. The Labute approximate surface area is 87.4 Å². The lowest BCUT2D eigenvalue weighted by Gasteiger charge is -2.34. The number of allylic oxidation sites excluding steroid dienone is 3. The van der Waals surface area contributed by atoms with E-state index >= 15 is 0 Å². The second kappa shape index (κ2) is 5.63. The molecule has 0 radical (unpaired) electrons. The molecular formula is C12H22N2. The normalized spacial score (nSPS) is 18.4. The molecule has 0 spiro atoms. The Bertz CT molecular complexity index is 230. The van der Waals surface area contributed by atoms with E-state index in [0.717, 1.165) is 18.5 Å². The summed E-state index contributed by atoms with van der Waals surface area (Å²) >= 11 is 0. The predicted molar refractivity (Wildman–Crippen MR) is 63.4 cm³/mol. The van der Waals surface area contributed by atoms with Crippen LogP contribution in [0.4, 0.5) is 0 Å². The van der Waals surface area contributed by atoms with Gasteiger partial charge in [0.2, 0.25) is 0 Å². The molecule has 0 aliphatic heterocycles. The average Bonchev–Trinajstić information content (AvgIpc) is 2.17. The first-order valence-corrected chi connectivity index (χ1v) is 5.10. The van der Waals surface area contributed by atoms with Gasteiger partial charge in [-0.05, 0) is 31.1 Å². The van der Waals surface area contributed by atoms with Gasteiger partial charge in [0.15, 0.2) is 0 Å². The molecule has 14 heavy (non-hydrogen) atoms. The predicted octanol–water partition coefficient (Wildman–Crippen LogP) is 3.11. The molecule has 1 unspecified atom stereocenters. The standard InChI is InChI=1S/C12H22N2/c1-5-7-11(14)12(4,6-2)10(3)8-9-13/h5,7,9-10,13H,1,6,8,14H2,2-4H3/b11-7+,13-9?/t10-,12?/m1/s1. The van der Waals surface area contributed by atoms with E-state index in [-0.39, 0.29) is 5.41 Å². The smallest absolute Gasteiger partial charge is 0.0143 e. The Kier molecular flexibility index (Phi) is 5.21. The molecule has 0 aromatic carbocycles. The largest absolute Gasteiger partial charge is 0.402 e. The second-order valence-electron chi connectivity index (χ2n) is 3.97. The first kappa shape index (κ1) is 12.9. The van der Waals surface area contributed by atoms with Crippen LogP contribution in [0.25, 0.3) is 0 Å². The summed E-state index contributed by atoms with van der Waals surface area (Å²) in [5, 5.41) is 7.13. The second-order valence-corrected chi connectivity index (χ2v) is 3.97. The van der Waals surface area contributed by atoms with Gasteiger partial charge in [-0.25, -0.2) is 0 Å². The summed E-state index contributed by atoms with van der Waals surface area (Å²) in [5.41, 5.74) is 6.86. The molecule has 0 aliphatic rings. The SMILES string of the molecule is C=C/C=C(/N)C(C)(CC)[C@H](C)CC=N. The van der Waals surface area contributed by atoms with Crippen molar-refractivity contribution in [2.75, 3.05) is 0 Å². The number of nitrogens with two attached hydrogens (primary N) is 1. The molecule has 0 heterocycles. The molecule has 0 aromatic heterocycles. The van der Waals surface area contributed by atoms with E-state index in [1.807, 2.05) is 6.08 Å². The van der Waals surface area contributed by atoms with E-state index in [9.17, 15) is 0 Å². The summed E-state index contributed by atoms with van der Waals surface area (Å²) < 4.78 is 0. The Morgan fingerprint density at radius 3 is 2.57 bits per heavy atom. The van der Waals surface area contributed by atoms with E-state index in [2.05, 4.69) is 27.4 Å². The maximum atomic E-state index is 7.13. The monoisotopic (exact) mass is 194 g/mol. The van der Waals surface area contributed by atoms with Crippen LogP contribution in [0.1, 0.15) is 33.6 Å². The van der Waals surface area contributed by atoms with Crippen molar-refractivity contribution in [3.05, 3.63) is 24.4 Å². The van der Waals surface area contributed by atoms with Gasteiger partial charge in [0.05, 0.1) is 0 Å². The third-order valence-corrected chi connectivity index (χ3v) is 3.25. The molecule has 0 rings (SSSR count). The fraction of sp³-hybridized carbons (Fsp3) is 0.583. The maximum absolute atomic E-state index is 7.13. The van der Waals surface area contributed by atoms with Gasteiger partial charge in [-0.15, -0.1) is 0 Å². The lowest BCUT2D eigenvalue weighted by Crippen LogP contribution is -2.31. The van der Waals surface area contributed by atoms with Gasteiger partial charge in [0.1, 0.15) is 0 Å². The van der Waals surface area contributed by atoms with Crippen molar-refractivity contribution in [1.29, 1.82) is 5.41 Å². The summed E-state index contributed by atoms with van der Waals surface area (Å²) in [5.74, 6) is 0.390. The molecule has 3 N–H and O–H groups in total. The maximum Gasteiger partial charge on any atom is 0.0143 e. The molecule has 0 bridgehead atoms. The van der Waals surface area contributed by atoms with Crippen LogP contribution in [-0.2, 0) is 0 Å². The number of hydrogen-bond donors (Lipinski definition) is 2. The van der Waals surface area contributed by atoms with Crippen molar-refractivity contribution >= 4 is 6.21 Å². The van der Waals surface area contributed by atoms with Gasteiger partial charge in [0, 0.05) is 11.1 Å². The van der Waals surface area contributed by atoms with Crippen LogP contribution < -0.4 is 5.73 Å². The van der Waals surface area contributed by atoms with Gasteiger partial charge < -0.3 is 11.1 Å². The van der Waals surface area contributed by atoms with Gasteiger partial charge in [-0.3, -0.25) is 0 Å². The Hall–Kier alpha value is -1.05. The Morgan fingerprint density at radius 2 is 2.21 bits per heavy atom. The first-order valence-electron chi connectivity index (χ1n) is 5.10. The van der Waals surface area contributed by atoms with Crippen LogP contribution in [0, 0.1) is 16.7 Å². The molecule has 2 nitrogen and oxygen atoms in total. The molecule has 80 valence electrons. The number of hydrogen-bond acceptors (Lipinski definition) is 2. The highest BCUT2D eigenvalue weighted by molar-refractivity contribution is 5.53. The summed E-state index contributed by atoms with van der Waals surface area (Å²) in [6.07, 6.45) is 6.80. The van der Waals surface area contributed by atoms with Gasteiger partial charge in [-0.1, -0.05) is 33.4 Å². The summed E-state index contributed by atoms with van der Waals surface area (Å²) in [7, 11) is 0. The number of nitrogens with one attached hydrogen (secondary N) is 1. The van der Waals surface area contributed by atoms with Crippen molar-refractivity contribution in [2.45, 2.75) is 33.6 Å². The zero-order valence-corrected chi connectivity index (χ0v) is 9.51. The van der Waals surface area contributed by atoms with Gasteiger partial charge in [-0.2, -0.15) is 0 Å². The van der Waals surface area contributed by atoms with Gasteiger partial charge in [0.25, 0.3) is 0 Å². The summed E-state index contributed by atoms with van der Waals surface area (Å²) in [6.45, 7) is 10.1. The Morgan fingerprint density at radius 1 is 1.64 bits per heavy atom. The quantitative estimate of drug-likeness (QED) is 0.495. The molecule has 2 atom stereocenters. The minimum atomic E-state index is -0.0221. The van der Waals surface area contributed by atoms with Crippen molar-refractivity contribution in [1.82, 2.24) is 0 Å². The molecule has 0 saturated carbocycles. The van der Waals surface area contributed by atoms with E-state index in [0.29, 0.717) is 5.92 Å². The minimum absolute atomic E-state index is 0.0221. The van der Waals surface area contributed by atoms with Crippen LogP contribution in [0.15, 0.2) is 24.4 Å². The Balaban J connectivity index is 4.85. The molecule has 0 amide bonds. The van der Waals surface area contributed by atoms with Crippen molar-refractivity contribution in [3.8, 4) is 0 Å². The third kappa shape index (κ3) is 2.72. The lowest BCUT2D eigenvalue weighted by molar-refractivity contribution is 0.251. The zero-order valence-electron chi connectivity index (χ0n) is 9.51. The molecule has 0 fully saturated rings. The van der Waals surface area contributed by atoms with E-state index in [1.165, 1.54) is 6.21 Å². The summed E-state index contributed by atoms with van der Waals surface area (Å²) in [4.78, 5) is 0. The van der Waals surface area contributed by atoms with Crippen molar-refractivity contribution in [3.63, 3.8) is 0 Å². The molecular weight excluding hydrogens is 172 g/mol. The average molecular weight is 194 g/mol. The molecule has 0 aromatic rings. The van der Waals surface area contributed by atoms with Crippen molar-refractivity contribution in [2.24, 2.45) is 17.1 Å². The highest BCUT2D eigenvalue weighted by atomic mass is 14.6. The van der Waals surface area contributed by atoms with Crippen LogP contribution >= 0.6 is 0 Å². The van der Waals surface area contributed by atoms with E-state index in [4.69, 9.17) is 11.1 Å². The van der Waals surface area contributed by atoms with Crippen molar-refractivity contribution < 1.29 is 0 Å². The van der Waals surface area contributed by atoms with E-state index in [1.54, 1.807) is 6.08 Å². The first-order chi connectivity index (χ1) is 6.52. The van der Waals surface area contributed by atoms with Crippen LogP contribution in [0.2, 0.25) is 0 Å². The number of rotatable bonds is 6. The topological polar surface area (TPSA) is 49.9 Å². The van der Waals surface area contributed by atoms with Crippen LogP contribution in [0.5, 0.6) is 0 Å². The highest BCUT2D eigenvalue weighted by Gasteiger charge is 2.30. The molecule has 0 saturated heterocycles. The molecule has 0 aliphatic carbocycles. The highest BCUT2D eigenvalue weighted by Crippen LogP contribution is 2.37. The minimum Gasteiger partial charge on any atom is -0.402 e. The fourth-order valence-corrected chi connectivity index (χ4v) is 1.59. The van der Waals surface area contributed by atoms with E-state index < -0.39 is 0 Å².